The number of aliphatic hydroxyl groups is 1. The maximum atomic E-state index is 13.2. The molecule has 0 amide bonds. The second-order valence-electron chi connectivity index (χ2n) is 4.71. The topological polar surface area (TPSA) is 29.5 Å². The summed E-state index contributed by atoms with van der Waals surface area (Å²) < 4.78 is 19.0. The number of aliphatic hydroxyl groups excluding tert-OH is 1. The zero-order valence-electron chi connectivity index (χ0n) is 10.3. The third-order valence-electron chi connectivity index (χ3n) is 3.35. The average molecular weight is 313 g/mol. The molecule has 2 aromatic carbocycles. The number of benzene rings is 2. The van der Waals surface area contributed by atoms with Gasteiger partial charge in [-0.25, -0.2) is 4.39 Å². The zero-order chi connectivity index (χ0) is 14.3. The van der Waals surface area contributed by atoms with Crippen molar-refractivity contribution in [2.75, 3.05) is 0 Å². The van der Waals surface area contributed by atoms with Crippen LogP contribution in [0.1, 0.15) is 29.8 Å². The molecule has 2 atom stereocenters. The maximum absolute atomic E-state index is 13.2. The van der Waals surface area contributed by atoms with Gasteiger partial charge in [0.15, 0.2) is 0 Å². The van der Waals surface area contributed by atoms with Crippen molar-refractivity contribution >= 4 is 23.2 Å². The largest absolute Gasteiger partial charge is 0.485 e. The van der Waals surface area contributed by atoms with E-state index in [1.165, 1.54) is 12.1 Å². The summed E-state index contributed by atoms with van der Waals surface area (Å²) in [5.41, 5.74) is 1.40. The van der Waals surface area contributed by atoms with Crippen molar-refractivity contribution in [3.8, 4) is 5.75 Å². The first-order valence-corrected chi connectivity index (χ1v) is 6.89. The number of fused-ring (bicyclic) bond motifs is 1. The Morgan fingerprint density at radius 3 is 2.70 bits per heavy atom. The SMILES string of the molecule is OC1CC(c2ccc(F)c(Cl)c2)Oc2ccc(Cl)cc21. The van der Waals surface area contributed by atoms with Crippen LogP contribution in [0.5, 0.6) is 5.75 Å². The predicted octanol–water partition coefficient (Wildman–Crippen LogP) is 4.69. The standard InChI is InChI=1S/C15H11Cl2FO2/c16-9-2-4-14-10(6-9)13(19)7-15(20-14)8-1-3-12(18)11(17)5-8/h1-6,13,15,19H,7H2. The van der Waals surface area contributed by atoms with Crippen LogP contribution in [0.2, 0.25) is 10.0 Å². The molecule has 0 bridgehead atoms. The highest BCUT2D eigenvalue weighted by molar-refractivity contribution is 6.31. The third kappa shape index (κ3) is 2.49. The smallest absolute Gasteiger partial charge is 0.141 e. The van der Waals surface area contributed by atoms with Gasteiger partial charge in [-0.15, -0.1) is 0 Å². The Labute approximate surface area is 125 Å². The number of hydrogen-bond donors (Lipinski definition) is 1. The number of halogens is 3. The highest BCUT2D eigenvalue weighted by atomic mass is 35.5. The Morgan fingerprint density at radius 2 is 1.95 bits per heavy atom. The summed E-state index contributed by atoms with van der Waals surface area (Å²) in [4.78, 5) is 0. The van der Waals surface area contributed by atoms with Gasteiger partial charge < -0.3 is 9.84 Å². The Balaban J connectivity index is 1.94. The van der Waals surface area contributed by atoms with Gasteiger partial charge in [-0.3, -0.25) is 0 Å². The molecule has 0 aromatic heterocycles. The van der Waals surface area contributed by atoms with Crippen LogP contribution in [-0.4, -0.2) is 5.11 Å². The lowest BCUT2D eigenvalue weighted by Gasteiger charge is -2.30. The molecule has 0 fully saturated rings. The van der Waals surface area contributed by atoms with Gasteiger partial charge in [0, 0.05) is 17.0 Å². The first kappa shape index (κ1) is 13.7. The van der Waals surface area contributed by atoms with Crippen LogP contribution < -0.4 is 4.74 Å². The summed E-state index contributed by atoms with van der Waals surface area (Å²) in [5.74, 6) is 0.109. The molecule has 1 aliphatic heterocycles. The molecule has 2 nitrogen and oxygen atoms in total. The lowest BCUT2D eigenvalue weighted by Crippen LogP contribution is -2.19. The molecule has 104 valence electrons. The normalized spacial score (nSPS) is 21.2. The number of ether oxygens (including phenoxy) is 1. The molecule has 0 saturated carbocycles. The van der Waals surface area contributed by atoms with Crippen molar-refractivity contribution in [1.82, 2.24) is 0 Å². The number of hydrogen-bond acceptors (Lipinski definition) is 2. The Hall–Kier alpha value is -1.29. The van der Waals surface area contributed by atoms with Crippen molar-refractivity contribution in [3.63, 3.8) is 0 Å². The quantitative estimate of drug-likeness (QED) is 0.827. The molecule has 1 aliphatic rings. The molecule has 20 heavy (non-hydrogen) atoms. The van der Waals surface area contributed by atoms with Crippen molar-refractivity contribution in [2.45, 2.75) is 18.6 Å². The maximum Gasteiger partial charge on any atom is 0.141 e. The molecular formula is C15H11Cl2FO2. The van der Waals surface area contributed by atoms with Crippen LogP contribution >= 0.6 is 23.2 Å². The number of rotatable bonds is 1. The lowest BCUT2D eigenvalue weighted by atomic mass is 9.95. The van der Waals surface area contributed by atoms with Crippen LogP contribution in [0.4, 0.5) is 4.39 Å². The molecule has 1 N–H and O–H groups in total. The second kappa shape index (κ2) is 5.24. The highest BCUT2D eigenvalue weighted by Gasteiger charge is 2.28. The Kier molecular flexibility index (Phi) is 3.59. The molecule has 0 spiro atoms. The first-order chi connectivity index (χ1) is 9.54. The van der Waals surface area contributed by atoms with Gasteiger partial charge >= 0.3 is 0 Å². The van der Waals surface area contributed by atoms with E-state index < -0.39 is 11.9 Å². The Bertz CT molecular complexity index is 660. The van der Waals surface area contributed by atoms with Gasteiger partial charge in [0.25, 0.3) is 0 Å². The third-order valence-corrected chi connectivity index (χ3v) is 3.88. The van der Waals surface area contributed by atoms with Crippen molar-refractivity contribution in [2.24, 2.45) is 0 Å². The minimum Gasteiger partial charge on any atom is -0.485 e. The van der Waals surface area contributed by atoms with Crippen molar-refractivity contribution in [3.05, 3.63) is 63.4 Å². The van der Waals surface area contributed by atoms with Crippen LogP contribution in [0.15, 0.2) is 36.4 Å². The van der Waals surface area contributed by atoms with Crippen LogP contribution in [0, 0.1) is 5.82 Å². The monoisotopic (exact) mass is 312 g/mol. The molecule has 0 saturated heterocycles. The highest BCUT2D eigenvalue weighted by Crippen LogP contribution is 2.42. The molecule has 5 heteroatoms. The molecule has 2 aromatic rings. The minimum absolute atomic E-state index is 0.0440. The molecule has 1 heterocycles. The second-order valence-corrected chi connectivity index (χ2v) is 5.56. The molecule has 3 rings (SSSR count). The Morgan fingerprint density at radius 1 is 1.15 bits per heavy atom. The predicted molar refractivity (Wildman–Crippen MR) is 75.8 cm³/mol. The summed E-state index contributed by atoms with van der Waals surface area (Å²) in [6.45, 7) is 0. The summed E-state index contributed by atoms with van der Waals surface area (Å²) in [6, 6.07) is 9.54. The van der Waals surface area contributed by atoms with E-state index in [9.17, 15) is 9.50 Å². The zero-order valence-corrected chi connectivity index (χ0v) is 11.8. The molecular weight excluding hydrogens is 302 g/mol. The van der Waals surface area contributed by atoms with Gasteiger partial charge in [-0.1, -0.05) is 29.3 Å². The molecule has 2 unspecified atom stereocenters. The van der Waals surface area contributed by atoms with E-state index >= 15 is 0 Å². The fraction of sp³-hybridized carbons (Fsp3) is 0.200. The van der Waals surface area contributed by atoms with Crippen molar-refractivity contribution < 1.29 is 14.2 Å². The first-order valence-electron chi connectivity index (χ1n) is 6.13. The van der Waals surface area contributed by atoms with E-state index in [0.29, 0.717) is 22.8 Å². The van der Waals surface area contributed by atoms with E-state index in [-0.39, 0.29) is 11.1 Å². The lowest BCUT2D eigenvalue weighted by molar-refractivity contribution is 0.0657. The van der Waals surface area contributed by atoms with Crippen LogP contribution in [0.25, 0.3) is 0 Å². The molecule has 0 radical (unpaired) electrons. The van der Waals surface area contributed by atoms with E-state index in [4.69, 9.17) is 27.9 Å². The van der Waals surface area contributed by atoms with E-state index in [0.717, 1.165) is 5.56 Å². The average Bonchev–Trinajstić information content (AvgIpc) is 2.42. The summed E-state index contributed by atoms with van der Waals surface area (Å²) >= 11 is 11.7. The summed E-state index contributed by atoms with van der Waals surface area (Å²) in [6.07, 6.45) is -0.668. The fourth-order valence-corrected chi connectivity index (χ4v) is 2.70. The molecule has 0 aliphatic carbocycles. The minimum atomic E-state index is -0.675. The van der Waals surface area contributed by atoms with Gasteiger partial charge in [0.05, 0.1) is 11.1 Å². The van der Waals surface area contributed by atoms with Gasteiger partial charge in [-0.2, -0.15) is 0 Å². The fourth-order valence-electron chi connectivity index (χ4n) is 2.33. The van der Waals surface area contributed by atoms with Crippen LogP contribution in [-0.2, 0) is 0 Å². The van der Waals surface area contributed by atoms with Gasteiger partial charge in [0.1, 0.15) is 17.7 Å². The summed E-state index contributed by atoms with van der Waals surface area (Å²) in [7, 11) is 0. The van der Waals surface area contributed by atoms with E-state index in [1.54, 1.807) is 24.3 Å². The van der Waals surface area contributed by atoms with E-state index in [1.807, 2.05) is 0 Å². The van der Waals surface area contributed by atoms with Crippen LogP contribution in [0.3, 0.4) is 0 Å². The van der Waals surface area contributed by atoms with Crippen molar-refractivity contribution in [1.29, 1.82) is 0 Å². The van der Waals surface area contributed by atoms with Gasteiger partial charge in [0.2, 0.25) is 0 Å². The summed E-state index contributed by atoms with van der Waals surface area (Å²) in [5, 5.41) is 10.8. The van der Waals surface area contributed by atoms with E-state index in [2.05, 4.69) is 0 Å². The van der Waals surface area contributed by atoms with Gasteiger partial charge in [-0.05, 0) is 35.9 Å².